The lowest BCUT2D eigenvalue weighted by Crippen LogP contribution is -2.37. The first-order valence-corrected chi connectivity index (χ1v) is 10.5. The molecule has 0 aromatic carbocycles. The van der Waals surface area contributed by atoms with Crippen LogP contribution in [0.2, 0.25) is 0 Å². The minimum atomic E-state index is -0.230. The first-order valence-electron chi connectivity index (χ1n) is 9.48. The van der Waals surface area contributed by atoms with Crippen LogP contribution in [-0.4, -0.2) is 55.3 Å². The SMILES string of the molecule is CCSc1nc(N2CCOCC2)cc(C)c1C(=O)NCC(=O)CC(C)(C)C. The molecule has 0 aliphatic carbocycles. The van der Waals surface area contributed by atoms with Crippen LogP contribution in [0.5, 0.6) is 0 Å². The topological polar surface area (TPSA) is 71.5 Å². The number of hydrogen-bond acceptors (Lipinski definition) is 6. The third-order valence-corrected chi connectivity index (χ3v) is 5.04. The largest absolute Gasteiger partial charge is 0.378 e. The quantitative estimate of drug-likeness (QED) is 0.718. The maximum absolute atomic E-state index is 12.8. The van der Waals surface area contributed by atoms with Crippen molar-refractivity contribution in [1.82, 2.24) is 10.3 Å². The summed E-state index contributed by atoms with van der Waals surface area (Å²) in [5, 5.41) is 3.51. The van der Waals surface area contributed by atoms with Crippen molar-refractivity contribution < 1.29 is 14.3 Å². The number of amides is 1. The second-order valence-corrected chi connectivity index (χ2v) is 9.22. The molecule has 0 atom stereocenters. The van der Waals surface area contributed by atoms with Gasteiger partial charge in [-0.2, -0.15) is 0 Å². The number of ether oxygens (including phenoxy) is 1. The maximum atomic E-state index is 12.8. The molecule has 0 unspecified atom stereocenters. The normalized spacial score (nSPS) is 14.9. The number of aryl methyl sites for hydroxylation is 1. The summed E-state index contributed by atoms with van der Waals surface area (Å²) >= 11 is 1.55. The van der Waals surface area contributed by atoms with Crippen molar-refractivity contribution in [2.24, 2.45) is 5.41 Å². The molecule has 1 fully saturated rings. The van der Waals surface area contributed by atoms with E-state index in [9.17, 15) is 9.59 Å². The Morgan fingerprint density at radius 3 is 2.56 bits per heavy atom. The van der Waals surface area contributed by atoms with E-state index in [0.717, 1.165) is 35.2 Å². The first-order chi connectivity index (χ1) is 12.7. The molecule has 1 saturated heterocycles. The molecule has 1 amide bonds. The molecule has 0 radical (unpaired) electrons. The Kier molecular flexibility index (Phi) is 7.68. The van der Waals surface area contributed by atoms with Crippen molar-refractivity contribution in [2.75, 3.05) is 43.5 Å². The highest BCUT2D eigenvalue weighted by molar-refractivity contribution is 7.99. The van der Waals surface area contributed by atoms with Crippen molar-refractivity contribution >= 4 is 29.3 Å². The minimum Gasteiger partial charge on any atom is -0.378 e. The number of ketones is 1. The van der Waals surface area contributed by atoms with Gasteiger partial charge >= 0.3 is 0 Å². The van der Waals surface area contributed by atoms with Gasteiger partial charge in [0.15, 0.2) is 5.78 Å². The molecular formula is C20H31N3O3S. The molecule has 7 heteroatoms. The smallest absolute Gasteiger partial charge is 0.254 e. The Balaban J connectivity index is 2.16. The lowest BCUT2D eigenvalue weighted by Gasteiger charge is -2.29. The molecule has 1 aromatic rings. The van der Waals surface area contributed by atoms with Crippen LogP contribution in [0.25, 0.3) is 0 Å². The Morgan fingerprint density at radius 2 is 1.96 bits per heavy atom. The van der Waals surface area contributed by atoms with E-state index in [4.69, 9.17) is 9.72 Å². The number of carbonyl (C=O) groups is 2. The van der Waals surface area contributed by atoms with Crippen LogP contribution in [-0.2, 0) is 9.53 Å². The number of nitrogens with one attached hydrogen (secondary N) is 1. The van der Waals surface area contributed by atoms with E-state index < -0.39 is 0 Å². The molecule has 150 valence electrons. The van der Waals surface area contributed by atoms with Gasteiger partial charge < -0.3 is 15.0 Å². The van der Waals surface area contributed by atoms with Crippen molar-refractivity contribution in [3.63, 3.8) is 0 Å². The predicted molar refractivity (Wildman–Crippen MR) is 110 cm³/mol. The standard InChI is InChI=1S/C20H31N3O3S/c1-6-27-19-17(18(25)21-13-15(24)12-20(3,4)5)14(2)11-16(22-19)23-7-9-26-10-8-23/h11H,6-10,12-13H2,1-5H3,(H,21,25). The van der Waals surface area contributed by atoms with Gasteiger partial charge in [-0.1, -0.05) is 27.7 Å². The molecule has 0 bridgehead atoms. The van der Waals surface area contributed by atoms with Crippen LogP contribution in [0, 0.1) is 12.3 Å². The van der Waals surface area contributed by atoms with Crippen LogP contribution >= 0.6 is 11.8 Å². The molecule has 1 N–H and O–H groups in total. The lowest BCUT2D eigenvalue weighted by molar-refractivity contribution is -0.119. The fraction of sp³-hybridized carbons (Fsp3) is 0.650. The number of hydrogen-bond donors (Lipinski definition) is 1. The average Bonchev–Trinajstić information content (AvgIpc) is 2.59. The number of aromatic nitrogens is 1. The molecule has 27 heavy (non-hydrogen) atoms. The van der Waals surface area contributed by atoms with E-state index >= 15 is 0 Å². The number of carbonyl (C=O) groups excluding carboxylic acids is 2. The number of rotatable bonds is 7. The number of thioether (sulfide) groups is 1. The molecule has 0 saturated carbocycles. The number of pyridine rings is 1. The lowest BCUT2D eigenvalue weighted by atomic mass is 9.90. The minimum absolute atomic E-state index is 0.0380. The highest BCUT2D eigenvalue weighted by atomic mass is 32.2. The van der Waals surface area contributed by atoms with E-state index in [1.54, 1.807) is 11.8 Å². The van der Waals surface area contributed by atoms with Crippen molar-refractivity contribution in [3.05, 3.63) is 17.2 Å². The zero-order valence-electron chi connectivity index (χ0n) is 17.1. The number of nitrogens with zero attached hydrogens (tertiary/aromatic N) is 2. The summed E-state index contributed by atoms with van der Waals surface area (Å²) in [4.78, 5) is 31.8. The van der Waals surface area contributed by atoms with Gasteiger partial charge in [0.1, 0.15) is 10.8 Å². The molecule has 6 nitrogen and oxygen atoms in total. The van der Waals surface area contributed by atoms with E-state index in [0.29, 0.717) is 25.2 Å². The summed E-state index contributed by atoms with van der Waals surface area (Å²) < 4.78 is 5.41. The molecule has 1 aliphatic rings. The fourth-order valence-electron chi connectivity index (χ4n) is 3.02. The van der Waals surface area contributed by atoms with Crippen LogP contribution < -0.4 is 10.2 Å². The maximum Gasteiger partial charge on any atom is 0.254 e. The second kappa shape index (κ2) is 9.55. The molecular weight excluding hydrogens is 362 g/mol. The summed E-state index contributed by atoms with van der Waals surface area (Å²) in [6.07, 6.45) is 0.442. The van der Waals surface area contributed by atoms with Gasteiger partial charge in [0.05, 0.1) is 25.3 Å². The van der Waals surface area contributed by atoms with Gasteiger partial charge in [-0.25, -0.2) is 4.98 Å². The third-order valence-electron chi connectivity index (χ3n) is 4.19. The molecule has 0 spiro atoms. The zero-order valence-corrected chi connectivity index (χ0v) is 17.9. The van der Waals surface area contributed by atoms with E-state index in [1.165, 1.54) is 0 Å². The number of anilines is 1. The van der Waals surface area contributed by atoms with Gasteiger partial charge in [-0.15, -0.1) is 11.8 Å². The van der Waals surface area contributed by atoms with E-state index in [-0.39, 0.29) is 23.7 Å². The molecule has 2 rings (SSSR count). The summed E-state index contributed by atoms with van der Waals surface area (Å²) in [6, 6.07) is 1.96. The van der Waals surface area contributed by atoms with Gasteiger partial charge in [-0.3, -0.25) is 9.59 Å². The highest BCUT2D eigenvalue weighted by Gasteiger charge is 2.22. The van der Waals surface area contributed by atoms with Crippen LogP contribution in [0.4, 0.5) is 5.82 Å². The zero-order chi connectivity index (χ0) is 20.0. The predicted octanol–water partition coefficient (Wildman–Crippen LogP) is 3.07. The molecule has 2 heterocycles. The Morgan fingerprint density at radius 1 is 1.30 bits per heavy atom. The Bertz CT molecular complexity index is 680. The first kappa shape index (κ1) is 21.7. The van der Waals surface area contributed by atoms with Gasteiger partial charge in [0.25, 0.3) is 5.91 Å². The van der Waals surface area contributed by atoms with Crippen molar-refractivity contribution in [2.45, 2.75) is 46.1 Å². The van der Waals surface area contributed by atoms with E-state index in [1.807, 2.05) is 40.7 Å². The Labute approximate surface area is 166 Å². The van der Waals surface area contributed by atoms with E-state index in [2.05, 4.69) is 10.2 Å². The summed E-state index contributed by atoms with van der Waals surface area (Å²) in [5.41, 5.74) is 1.37. The Hall–Kier alpha value is -1.60. The second-order valence-electron chi connectivity index (χ2n) is 7.97. The van der Waals surface area contributed by atoms with Crippen molar-refractivity contribution in [3.8, 4) is 0 Å². The van der Waals surface area contributed by atoms with Crippen LogP contribution in [0.3, 0.4) is 0 Å². The van der Waals surface area contributed by atoms with Crippen molar-refractivity contribution in [1.29, 1.82) is 0 Å². The monoisotopic (exact) mass is 393 g/mol. The van der Waals surface area contributed by atoms with Gasteiger partial charge in [0, 0.05) is 19.5 Å². The van der Waals surface area contributed by atoms with Crippen LogP contribution in [0.1, 0.15) is 50.0 Å². The van der Waals surface area contributed by atoms with Gasteiger partial charge in [-0.05, 0) is 29.7 Å². The highest BCUT2D eigenvalue weighted by Crippen LogP contribution is 2.28. The van der Waals surface area contributed by atoms with Crippen LogP contribution in [0.15, 0.2) is 11.1 Å². The fourth-order valence-corrected chi connectivity index (χ4v) is 3.85. The number of morpholine rings is 1. The number of Topliss-reactive ketones (excluding diaryl/α,β-unsaturated/α-hetero) is 1. The average molecular weight is 394 g/mol. The third kappa shape index (κ3) is 6.50. The summed E-state index contributed by atoms with van der Waals surface area (Å²) in [6.45, 7) is 13.0. The molecule has 1 aromatic heterocycles. The summed E-state index contributed by atoms with van der Waals surface area (Å²) in [7, 11) is 0. The summed E-state index contributed by atoms with van der Waals surface area (Å²) in [5.74, 6) is 1.51. The van der Waals surface area contributed by atoms with Gasteiger partial charge in [0.2, 0.25) is 0 Å². The molecule has 1 aliphatic heterocycles.